The van der Waals surface area contributed by atoms with Gasteiger partial charge in [-0.15, -0.1) is 5.10 Å². The number of hydrogen-bond donors (Lipinski definition) is 5. The maximum Gasteiger partial charge on any atom is 0.329 e. The Kier molecular flexibility index (Phi) is 20.7. The first-order valence-electron chi connectivity index (χ1n) is 17.4. The first-order chi connectivity index (χ1) is 24.7. The van der Waals surface area contributed by atoms with Gasteiger partial charge in [0.25, 0.3) is 0 Å². The maximum atomic E-state index is 12.8. The van der Waals surface area contributed by atoms with Gasteiger partial charge in [-0.2, -0.15) is 0 Å². The smallest absolute Gasteiger partial charge is 0.329 e. The zero-order chi connectivity index (χ0) is 40.1. The Morgan fingerprint density at radius 2 is 1.36 bits per heavy atom. The van der Waals surface area contributed by atoms with Crippen molar-refractivity contribution in [2.24, 2.45) is 0 Å². The predicted octanol–water partition coefficient (Wildman–Crippen LogP) is -0.259. The molecule has 2 atom stereocenters. The summed E-state index contributed by atoms with van der Waals surface area (Å²) in [5, 5.41) is 20.8. The molecule has 0 saturated carbocycles. The quantitative estimate of drug-likeness (QED) is 0.0632. The topological polar surface area (TPSA) is 276 Å². The molecule has 1 rings (SSSR count). The number of tetrazole rings is 1. The molecule has 53 heavy (non-hydrogen) atoms. The second kappa shape index (κ2) is 23.4. The van der Waals surface area contributed by atoms with Crippen LogP contribution >= 0.6 is 0 Å². The summed E-state index contributed by atoms with van der Waals surface area (Å²) >= 11 is 0. The Morgan fingerprint density at radius 1 is 0.755 bits per heavy atom. The second-order valence-electron chi connectivity index (χ2n) is 13.9. The summed E-state index contributed by atoms with van der Waals surface area (Å²) in [6.07, 6.45) is 0.654. The van der Waals surface area contributed by atoms with Crippen molar-refractivity contribution in [1.82, 2.24) is 41.3 Å². The van der Waals surface area contributed by atoms with Crippen molar-refractivity contribution in [1.29, 1.82) is 0 Å². The first-order valence-corrected chi connectivity index (χ1v) is 19.1. The number of ether oxygens (including phenoxy) is 4. The molecule has 0 aliphatic rings. The van der Waals surface area contributed by atoms with Gasteiger partial charge in [-0.1, -0.05) is 6.92 Å². The van der Waals surface area contributed by atoms with E-state index in [2.05, 4.69) is 36.6 Å². The summed E-state index contributed by atoms with van der Waals surface area (Å²) in [6, 6.07) is -2.02. The highest BCUT2D eigenvalue weighted by Gasteiger charge is 2.29. The van der Waals surface area contributed by atoms with Crippen LogP contribution in [0.25, 0.3) is 0 Å². The molecule has 2 unspecified atom stereocenters. The Bertz CT molecular complexity index is 1430. The molecule has 0 fully saturated rings. The largest absolute Gasteiger partial charge is 0.458 e. The molecule has 20 nitrogen and oxygen atoms in total. The molecule has 1 aromatic rings. The minimum absolute atomic E-state index is 0.00431. The van der Waals surface area contributed by atoms with E-state index in [1.165, 1.54) is 0 Å². The molecule has 0 saturated heterocycles. The molecule has 21 heteroatoms. The van der Waals surface area contributed by atoms with Gasteiger partial charge >= 0.3 is 11.9 Å². The Morgan fingerprint density at radius 3 is 1.96 bits per heavy atom. The minimum atomic E-state index is -3.89. The highest BCUT2D eigenvalue weighted by atomic mass is 32.2. The van der Waals surface area contributed by atoms with Gasteiger partial charge in [-0.3, -0.25) is 23.9 Å². The van der Waals surface area contributed by atoms with Crippen LogP contribution in [0.4, 0.5) is 0 Å². The highest BCUT2D eigenvalue weighted by molar-refractivity contribution is 7.90. The van der Waals surface area contributed by atoms with Gasteiger partial charge in [0.2, 0.25) is 33.7 Å². The number of H-pyrrole nitrogens is 1. The van der Waals surface area contributed by atoms with E-state index < -0.39 is 81.2 Å². The summed E-state index contributed by atoms with van der Waals surface area (Å²) in [6.45, 7) is 11.8. The van der Waals surface area contributed by atoms with Crippen molar-refractivity contribution in [3.05, 3.63) is 5.82 Å². The minimum Gasteiger partial charge on any atom is -0.458 e. The third kappa shape index (κ3) is 23.8. The number of aromatic amines is 1. The fourth-order valence-electron chi connectivity index (χ4n) is 4.24. The summed E-state index contributed by atoms with van der Waals surface area (Å²) in [5.74, 6) is -3.41. The van der Waals surface area contributed by atoms with E-state index >= 15 is 0 Å². The van der Waals surface area contributed by atoms with Crippen molar-refractivity contribution in [2.45, 2.75) is 123 Å². The Balaban J connectivity index is 2.31. The Labute approximate surface area is 310 Å². The number of esters is 2. The fourth-order valence-corrected chi connectivity index (χ4v) is 5.31. The molecule has 4 amide bonds. The van der Waals surface area contributed by atoms with Crippen LogP contribution < -0.4 is 20.7 Å². The normalized spacial score (nSPS) is 13.0. The van der Waals surface area contributed by atoms with Gasteiger partial charge in [0.05, 0.1) is 25.6 Å². The molecule has 0 bridgehead atoms. The van der Waals surface area contributed by atoms with E-state index in [0.29, 0.717) is 25.1 Å². The molecule has 1 aromatic heterocycles. The van der Waals surface area contributed by atoms with Gasteiger partial charge in [0.1, 0.15) is 35.7 Å². The van der Waals surface area contributed by atoms with E-state index in [1.54, 1.807) is 48.5 Å². The van der Waals surface area contributed by atoms with E-state index in [0.717, 1.165) is 0 Å². The van der Waals surface area contributed by atoms with Crippen LogP contribution in [0.15, 0.2) is 0 Å². The van der Waals surface area contributed by atoms with Crippen molar-refractivity contribution < 1.29 is 56.1 Å². The average molecular weight is 777 g/mol. The van der Waals surface area contributed by atoms with Crippen LogP contribution in [-0.2, 0) is 64.2 Å². The molecular formula is C32H56N8O12S. The lowest BCUT2D eigenvalue weighted by Crippen LogP contribution is -2.47. The van der Waals surface area contributed by atoms with E-state index in [-0.39, 0.29) is 58.5 Å². The lowest BCUT2D eigenvalue weighted by Gasteiger charge is -2.25. The molecule has 0 aliphatic heterocycles. The van der Waals surface area contributed by atoms with Crippen LogP contribution in [0, 0.1) is 0 Å². The van der Waals surface area contributed by atoms with Crippen LogP contribution in [0.5, 0.6) is 0 Å². The number of carbonyl (C=O) groups is 6. The standard InChI is InChI=1S/C32H56N8O12S/c1-8-22(29(45)51-31(2,3)4)34-26(42)15-14-23(30(46)52-32(5,6)7)35-28(44)21-50-19-18-49-17-16-33-25(41)13-10-20-53(47,48)38-27(43)12-9-11-24-36-39-40-37-24/h22-23H,8-21H2,1-7H3,(H,33,41)(H,34,42)(H,35,44)(H,38,43)(H,36,37,39,40). The molecule has 302 valence electrons. The monoisotopic (exact) mass is 776 g/mol. The fraction of sp³-hybridized carbons (Fsp3) is 0.781. The SMILES string of the molecule is CCC(NC(=O)CCC(NC(=O)COCCOCCNC(=O)CCCS(=O)(=O)NC(=O)CCCc1nnn[nH]1)C(=O)OC(C)(C)C)C(=O)OC(C)(C)C. The number of carbonyl (C=O) groups excluding carboxylic acids is 6. The molecule has 5 N–H and O–H groups in total. The maximum absolute atomic E-state index is 12.8. The van der Waals surface area contributed by atoms with Crippen LogP contribution in [-0.4, -0.2) is 127 Å². The summed E-state index contributed by atoms with van der Waals surface area (Å²) in [4.78, 5) is 74.3. The Hall–Kier alpha value is -4.24. The van der Waals surface area contributed by atoms with Gasteiger partial charge in [0.15, 0.2) is 0 Å². The second-order valence-corrected chi connectivity index (χ2v) is 15.8. The van der Waals surface area contributed by atoms with Crippen LogP contribution in [0.3, 0.4) is 0 Å². The van der Waals surface area contributed by atoms with E-state index in [4.69, 9.17) is 18.9 Å². The number of sulfonamides is 1. The summed E-state index contributed by atoms with van der Waals surface area (Å²) in [5.41, 5.74) is -1.58. The number of nitrogens with zero attached hydrogens (tertiary/aromatic N) is 3. The van der Waals surface area contributed by atoms with Crippen molar-refractivity contribution >= 4 is 45.6 Å². The summed E-state index contributed by atoms with van der Waals surface area (Å²) in [7, 11) is -3.89. The number of rotatable bonds is 25. The average Bonchev–Trinajstić information content (AvgIpc) is 3.54. The lowest BCUT2D eigenvalue weighted by molar-refractivity contribution is -0.160. The molecular weight excluding hydrogens is 720 g/mol. The van der Waals surface area contributed by atoms with Crippen LogP contribution in [0.1, 0.15) is 99.2 Å². The van der Waals surface area contributed by atoms with Crippen molar-refractivity contribution in [2.75, 3.05) is 38.7 Å². The zero-order valence-corrected chi connectivity index (χ0v) is 32.5. The van der Waals surface area contributed by atoms with E-state index in [1.807, 2.05) is 4.72 Å². The third-order valence-corrected chi connectivity index (χ3v) is 7.95. The predicted molar refractivity (Wildman–Crippen MR) is 188 cm³/mol. The van der Waals surface area contributed by atoms with Gasteiger partial charge in [0, 0.05) is 32.2 Å². The van der Waals surface area contributed by atoms with Gasteiger partial charge in [-0.05, 0) is 77.7 Å². The first kappa shape index (κ1) is 46.8. The number of nitrogens with one attached hydrogen (secondary N) is 5. The number of aromatic nitrogens is 4. The number of amides is 4. The molecule has 0 aliphatic carbocycles. The highest BCUT2D eigenvalue weighted by Crippen LogP contribution is 2.13. The van der Waals surface area contributed by atoms with E-state index in [9.17, 15) is 37.2 Å². The molecule has 0 aromatic carbocycles. The lowest BCUT2D eigenvalue weighted by atomic mass is 10.1. The third-order valence-electron chi connectivity index (χ3n) is 6.59. The number of aryl methyl sites for hydroxylation is 1. The van der Waals surface area contributed by atoms with Crippen molar-refractivity contribution in [3.63, 3.8) is 0 Å². The number of hydrogen-bond acceptors (Lipinski definition) is 15. The van der Waals surface area contributed by atoms with Crippen LogP contribution in [0.2, 0.25) is 0 Å². The molecule has 0 spiro atoms. The zero-order valence-electron chi connectivity index (χ0n) is 31.7. The summed E-state index contributed by atoms with van der Waals surface area (Å²) < 4.78 is 47.6. The van der Waals surface area contributed by atoms with Gasteiger partial charge in [-0.25, -0.2) is 23.1 Å². The molecule has 1 heterocycles. The van der Waals surface area contributed by atoms with Crippen molar-refractivity contribution in [3.8, 4) is 0 Å². The van der Waals surface area contributed by atoms with Gasteiger partial charge < -0.3 is 34.9 Å². The molecule has 0 radical (unpaired) electrons.